The number of sulfone groups is 1. The fourth-order valence-corrected chi connectivity index (χ4v) is 2.77. The minimum Gasteiger partial charge on any atom is -0.480 e. The Hall–Kier alpha value is -1.96. The quantitative estimate of drug-likeness (QED) is 0.808. The van der Waals surface area contributed by atoms with Crippen LogP contribution in [0.3, 0.4) is 0 Å². The van der Waals surface area contributed by atoms with Crippen molar-refractivity contribution in [3.05, 3.63) is 29.3 Å². The summed E-state index contributed by atoms with van der Waals surface area (Å²) in [6.45, 7) is 0.514. The van der Waals surface area contributed by atoms with E-state index in [4.69, 9.17) is 5.11 Å². The largest absolute Gasteiger partial charge is 0.480 e. The van der Waals surface area contributed by atoms with Crippen LogP contribution in [-0.2, 0) is 21.1 Å². The van der Waals surface area contributed by atoms with E-state index in [0.29, 0.717) is 12.0 Å². The van der Waals surface area contributed by atoms with E-state index in [9.17, 15) is 22.4 Å². The normalized spacial score (nSPS) is 12.7. The van der Waals surface area contributed by atoms with Crippen molar-refractivity contribution < 1.29 is 27.5 Å². The zero-order valence-electron chi connectivity index (χ0n) is 11.6. The Bertz CT molecular complexity index is 657. The zero-order valence-corrected chi connectivity index (χ0v) is 12.4. The van der Waals surface area contributed by atoms with E-state index in [2.05, 4.69) is 0 Å². The molecular weight excluding hydrogens is 301 g/mol. The Morgan fingerprint density at radius 2 is 2.00 bits per heavy atom. The molecule has 0 saturated heterocycles. The number of benzene rings is 1. The Balaban J connectivity index is 3.15. The van der Waals surface area contributed by atoms with E-state index < -0.39 is 34.4 Å². The number of aliphatic carboxylic acids is 1. The molecule has 0 aliphatic carbocycles. The maximum Gasteiger partial charge on any atom is 0.328 e. The zero-order chi connectivity index (χ0) is 16.2. The Morgan fingerprint density at radius 3 is 2.43 bits per heavy atom. The van der Waals surface area contributed by atoms with Crippen LogP contribution in [0.1, 0.15) is 22.8 Å². The summed E-state index contributed by atoms with van der Waals surface area (Å²) in [4.78, 5) is 22.5. The van der Waals surface area contributed by atoms with Gasteiger partial charge in [0.05, 0.1) is 4.90 Å². The van der Waals surface area contributed by atoms with Gasteiger partial charge in [0, 0.05) is 11.8 Å². The molecule has 2 N–H and O–H groups in total. The third kappa shape index (κ3) is 4.25. The fraction of sp³-hybridized carbons (Fsp3) is 0.385. The van der Waals surface area contributed by atoms with E-state index in [1.54, 1.807) is 6.92 Å². The molecule has 0 radical (unpaired) electrons. The number of hydrogen-bond donors (Lipinski definition) is 2. The third-order valence-corrected chi connectivity index (χ3v) is 4.05. The molecular formula is C13H16FNO5S. The number of halogens is 1. The number of carbonyl (C=O) groups is 2. The topological polar surface area (TPSA) is 101 Å². The Labute approximate surface area is 121 Å². The van der Waals surface area contributed by atoms with Crippen LogP contribution in [0.25, 0.3) is 0 Å². The predicted molar refractivity (Wildman–Crippen MR) is 73.8 cm³/mol. The molecule has 0 aromatic heterocycles. The van der Waals surface area contributed by atoms with Gasteiger partial charge in [-0.05, 0) is 24.1 Å². The second-order valence-electron chi connectivity index (χ2n) is 4.47. The lowest BCUT2D eigenvalue weighted by atomic mass is 10.1. The summed E-state index contributed by atoms with van der Waals surface area (Å²) in [5.74, 6) is -2.34. The summed E-state index contributed by atoms with van der Waals surface area (Å²) in [6, 6.07) is 2.36. The standard InChI is InChI=1S/C13H16FNO5S/c1-3-8-4-5-9(6-11(8)21(2,19)20)12(16)15-10(7-14)13(17)18/h4-6,10H,3,7H2,1-2H3,(H,15,16)(H,17,18). The van der Waals surface area contributed by atoms with Crippen molar-refractivity contribution in [1.82, 2.24) is 5.32 Å². The average molecular weight is 317 g/mol. The number of carbonyl (C=O) groups excluding carboxylic acids is 1. The Kier molecular flexibility index (Phi) is 5.42. The van der Waals surface area contributed by atoms with Gasteiger partial charge in [-0.25, -0.2) is 17.6 Å². The highest BCUT2D eigenvalue weighted by Gasteiger charge is 2.22. The number of nitrogens with one attached hydrogen (secondary N) is 1. The van der Waals surface area contributed by atoms with Gasteiger partial charge in [0.2, 0.25) is 0 Å². The molecule has 1 amide bonds. The molecule has 1 aromatic rings. The Morgan fingerprint density at radius 1 is 1.38 bits per heavy atom. The molecule has 0 spiro atoms. The lowest BCUT2D eigenvalue weighted by molar-refractivity contribution is -0.139. The van der Waals surface area contributed by atoms with Crippen molar-refractivity contribution in [2.75, 3.05) is 12.9 Å². The van der Waals surface area contributed by atoms with Crippen LogP contribution in [-0.4, -0.2) is 44.4 Å². The number of carboxylic acids is 1. The summed E-state index contributed by atoms with van der Waals surface area (Å²) in [6.07, 6.45) is 1.48. The molecule has 6 nitrogen and oxygen atoms in total. The molecule has 0 saturated carbocycles. The number of aryl methyl sites for hydroxylation is 1. The summed E-state index contributed by atoms with van der Waals surface area (Å²) in [5, 5.41) is 10.7. The van der Waals surface area contributed by atoms with E-state index in [0.717, 1.165) is 6.26 Å². The molecule has 116 valence electrons. The van der Waals surface area contributed by atoms with E-state index in [1.807, 2.05) is 5.32 Å². The van der Waals surface area contributed by atoms with Gasteiger partial charge in [-0.2, -0.15) is 0 Å². The van der Waals surface area contributed by atoms with E-state index in [1.165, 1.54) is 18.2 Å². The average Bonchev–Trinajstić information content (AvgIpc) is 2.42. The van der Waals surface area contributed by atoms with Gasteiger partial charge in [-0.15, -0.1) is 0 Å². The van der Waals surface area contributed by atoms with Crippen LogP contribution < -0.4 is 5.32 Å². The van der Waals surface area contributed by atoms with Gasteiger partial charge in [-0.3, -0.25) is 4.79 Å². The van der Waals surface area contributed by atoms with Gasteiger partial charge in [-0.1, -0.05) is 13.0 Å². The first kappa shape index (κ1) is 17.1. The SMILES string of the molecule is CCc1ccc(C(=O)NC(CF)C(=O)O)cc1S(C)(=O)=O. The van der Waals surface area contributed by atoms with Crippen LogP contribution in [0.4, 0.5) is 4.39 Å². The van der Waals surface area contributed by atoms with Crippen molar-refractivity contribution in [3.8, 4) is 0 Å². The first-order valence-electron chi connectivity index (χ1n) is 6.13. The molecule has 1 aromatic carbocycles. The monoisotopic (exact) mass is 317 g/mol. The predicted octanol–water partition coefficient (Wildman–Crippen LogP) is 0.805. The molecule has 8 heteroatoms. The number of carboxylic acid groups (broad SMARTS) is 1. The van der Waals surface area contributed by atoms with Crippen LogP contribution in [0, 0.1) is 0 Å². The molecule has 1 rings (SSSR count). The van der Waals surface area contributed by atoms with Gasteiger partial charge in [0.15, 0.2) is 15.9 Å². The third-order valence-electron chi connectivity index (χ3n) is 2.87. The minimum atomic E-state index is -3.52. The first-order valence-corrected chi connectivity index (χ1v) is 8.02. The summed E-state index contributed by atoms with van der Waals surface area (Å²) >= 11 is 0. The fourth-order valence-electron chi connectivity index (χ4n) is 1.74. The molecule has 0 aliphatic heterocycles. The second kappa shape index (κ2) is 6.66. The van der Waals surface area contributed by atoms with Crippen LogP contribution in [0.15, 0.2) is 23.1 Å². The second-order valence-corrected chi connectivity index (χ2v) is 6.45. The van der Waals surface area contributed by atoms with Crippen molar-refractivity contribution in [2.45, 2.75) is 24.3 Å². The van der Waals surface area contributed by atoms with Crippen LogP contribution in [0.2, 0.25) is 0 Å². The van der Waals surface area contributed by atoms with Gasteiger partial charge in [0.1, 0.15) is 6.67 Å². The van der Waals surface area contributed by atoms with Gasteiger partial charge < -0.3 is 10.4 Å². The van der Waals surface area contributed by atoms with Crippen LogP contribution in [0.5, 0.6) is 0 Å². The number of amides is 1. The van der Waals surface area contributed by atoms with Crippen molar-refractivity contribution >= 4 is 21.7 Å². The highest BCUT2D eigenvalue weighted by molar-refractivity contribution is 7.90. The molecule has 1 atom stereocenters. The maximum absolute atomic E-state index is 12.5. The molecule has 0 fully saturated rings. The smallest absolute Gasteiger partial charge is 0.328 e. The van der Waals surface area contributed by atoms with Gasteiger partial charge >= 0.3 is 5.97 Å². The number of hydrogen-bond acceptors (Lipinski definition) is 4. The lowest BCUT2D eigenvalue weighted by Gasteiger charge is -2.12. The maximum atomic E-state index is 12.5. The number of rotatable bonds is 6. The molecule has 0 heterocycles. The van der Waals surface area contributed by atoms with Crippen molar-refractivity contribution in [3.63, 3.8) is 0 Å². The number of alkyl halides is 1. The molecule has 1 unspecified atom stereocenters. The van der Waals surface area contributed by atoms with Gasteiger partial charge in [0.25, 0.3) is 5.91 Å². The molecule has 0 aliphatic rings. The summed E-state index contributed by atoms with van der Waals surface area (Å²) in [7, 11) is -3.52. The molecule has 21 heavy (non-hydrogen) atoms. The first-order chi connectivity index (χ1) is 9.70. The van der Waals surface area contributed by atoms with E-state index >= 15 is 0 Å². The summed E-state index contributed by atoms with van der Waals surface area (Å²) < 4.78 is 35.9. The van der Waals surface area contributed by atoms with Crippen molar-refractivity contribution in [2.24, 2.45) is 0 Å². The summed E-state index contributed by atoms with van der Waals surface area (Å²) in [5.41, 5.74) is 0.515. The van der Waals surface area contributed by atoms with E-state index in [-0.39, 0.29) is 10.5 Å². The van der Waals surface area contributed by atoms with Crippen molar-refractivity contribution in [1.29, 1.82) is 0 Å². The minimum absolute atomic E-state index is 0.00442. The lowest BCUT2D eigenvalue weighted by Crippen LogP contribution is -2.42. The van der Waals surface area contributed by atoms with Crippen LogP contribution >= 0.6 is 0 Å². The molecule has 0 bridgehead atoms. The highest BCUT2D eigenvalue weighted by Crippen LogP contribution is 2.18. The highest BCUT2D eigenvalue weighted by atomic mass is 32.2.